The monoisotopic (exact) mass is 476 g/mol. The quantitative estimate of drug-likeness (QED) is 0.335. The van der Waals surface area contributed by atoms with Gasteiger partial charge in [0, 0.05) is 29.4 Å². The number of carbonyl (C=O) groups is 2. The number of ether oxygens (including phenoxy) is 2. The molecule has 1 amide bonds. The van der Waals surface area contributed by atoms with Crippen molar-refractivity contribution in [3.63, 3.8) is 0 Å². The molecule has 164 valence electrons. The number of esters is 1. The standard InChI is InChI=1S/C22H24N2O4S3/c1-27-16-5-7-17(8-6-16)30-12-10-20(25)23-22-24(11-13-29-3)18-9-4-15(21(26)28-2)14-19(18)31-22/h4-9,14H,10-13H2,1-3H3. The Kier molecular flexibility index (Phi) is 8.62. The normalized spacial score (nSPS) is 11.6. The molecule has 3 rings (SSSR count). The van der Waals surface area contributed by atoms with E-state index in [1.165, 1.54) is 18.4 Å². The van der Waals surface area contributed by atoms with Crippen LogP contribution in [0.3, 0.4) is 0 Å². The van der Waals surface area contributed by atoms with E-state index < -0.39 is 0 Å². The van der Waals surface area contributed by atoms with E-state index in [0.29, 0.717) is 22.5 Å². The molecule has 0 N–H and O–H groups in total. The van der Waals surface area contributed by atoms with Crippen molar-refractivity contribution in [3.8, 4) is 5.75 Å². The summed E-state index contributed by atoms with van der Waals surface area (Å²) >= 11 is 4.76. The molecule has 0 aliphatic rings. The van der Waals surface area contributed by atoms with E-state index in [1.54, 1.807) is 42.8 Å². The van der Waals surface area contributed by atoms with Crippen molar-refractivity contribution in [3.05, 3.63) is 52.8 Å². The largest absolute Gasteiger partial charge is 0.497 e. The van der Waals surface area contributed by atoms with Crippen molar-refractivity contribution >= 4 is 57.0 Å². The SMILES string of the molecule is COC(=O)c1ccc2c(c1)sc(=NC(=O)CCSc1ccc(OC)cc1)n2CCSC. The number of thiazole rings is 1. The second kappa shape index (κ2) is 11.4. The van der Waals surface area contributed by atoms with E-state index in [1.807, 2.05) is 41.2 Å². The van der Waals surface area contributed by atoms with Crippen molar-refractivity contribution in [2.75, 3.05) is 32.0 Å². The Hall–Kier alpha value is -2.23. The lowest BCUT2D eigenvalue weighted by atomic mass is 10.2. The van der Waals surface area contributed by atoms with E-state index in [4.69, 9.17) is 9.47 Å². The third kappa shape index (κ3) is 6.15. The second-order valence-corrected chi connectivity index (χ2v) is 9.65. The second-order valence-electron chi connectivity index (χ2n) is 6.48. The Morgan fingerprint density at radius 3 is 2.55 bits per heavy atom. The molecule has 0 atom stereocenters. The third-order valence-electron chi connectivity index (χ3n) is 4.49. The molecule has 6 nitrogen and oxygen atoms in total. The molecule has 0 saturated carbocycles. The van der Waals surface area contributed by atoms with Gasteiger partial charge in [0.1, 0.15) is 5.75 Å². The molecule has 0 bridgehead atoms. The molecule has 1 aromatic heterocycles. The van der Waals surface area contributed by atoms with Gasteiger partial charge < -0.3 is 14.0 Å². The van der Waals surface area contributed by atoms with Gasteiger partial charge in [-0.25, -0.2) is 4.79 Å². The molecule has 0 aliphatic carbocycles. The number of aromatic nitrogens is 1. The van der Waals surface area contributed by atoms with Crippen LogP contribution in [0, 0.1) is 0 Å². The van der Waals surface area contributed by atoms with Crippen LogP contribution in [0.15, 0.2) is 52.4 Å². The third-order valence-corrected chi connectivity index (χ3v) is 7.13. The topological polar surface area (TPSA) is 69.9 Å². The number of rotatable bonds is 9. The fourth-order valence-corrected chi connectivity index (χ4v) is 5.21. The van der Waals surface area contributed by atoms with Crippen LogP contribution >= 0.6 is 34.9 Å². The number of aryl methyl sites for hydroxylation is 1. The van der Waals surface area contributed by atoms with Gasteiger partial charge in [-0.2, -0.15) is 16.8 Å². The van der Waals surface area contributed by atoms with E-state index in [2.05, 4.69) is 4.99 Å². The maximum atomic E-state index is 12.5. The number of carbonyl (C=O) groups excluding carboxylic acids is 2. The van der Waals surface area contributed by atoms with Crippen molar-refractivity contribution in [1.29, 1.82) is 0 Å². The van der Waals surface area contributed by atoms with E-state index in [0.717, 1.165) is 33.2 Å². The average molecular weight is 477 g/mol. The highest BCUT2D eigenvalue weighted by Crippen LogP contribution is 2.23. The van der Waals surface area contributed by atoms with Gasteiger partial charge >= 0.3 is 5.97 Å². The number of hydrogen-bond donors (Lipinski definition) is 0. The lowest BCUT2D eigenvalue weighted by molar-refractivity contribution is -0.117. The van der Waals surface area contributed by atoms with Gasteiger partial charge in [-0.05, 0) is 48.7 Å². The molecule has 0 radical (unpaired) electrons. The van der Waals surface area contributed by atoms with Crippen LogP contribution in [0.1, 0.15) is 16.8 Å². The van der Waals surface area contributed by atoms with Gasteiger partial charge in [-0.3, -0.25) is 4.79 Å². The summed E-state index contributed by atoms with van der Waals surface area (Å²) in [5, 5.41) is 0. The smallest absolute Gasteiger partial charge is 0.337 e. The molecular weight excluding hydrogens is 452 g/mol. The summed E-state index contributed by atoms with van der Waals surface area (Å²) in [5.41, 5.74) is 1.45. The Labute approximate surface area is 193 Å². The van der Waals surface area contributed by atoms with Crippen molar-refractivity contribution in [1.82, 2.24) is 4.57 Å². The van der Waals surface area contributed by atoms with Crippen LogP contribution in [0.25, 0.3) is 10.2 Å². The number of benzene rings is 2. The molecule has 1 heterocycles. The highest BCUT2D eigenvalue weighted by molar-refractivity contribution is 7.99. The maximum absolute atomic E-state index is 12.5. The number of nitrogens with zero attached hydrogens (tertiary/aromatic N) is 2. The number of thioether (sulfide) groups is 2. The van der Waals surface area contributed by atoms with Gasteiger partial charge in [-0.15, -0.1) is 11.8 Å². The zero-order valence-electron chi connectivity index (χ0n) is 17.6. The first-order valence-electron chi connectivity index (χ1n) is 9.60. The van der Waals surface area contributed by atoms with Gasteiger partial charge in [0.05, 0.1) is 30.0 Å². The summed E-state index contributed by atoms with van der Waals surface area (Å²) in [6.45, 7) is 0.742. The average Bonchev–Trinajstić information content (AvgIpc) is 3.13. The van der Waals surface area contributed by atoms with E-state index in [-0.39, 0.29) is 11.9 Å². The molecule has 0 unspecified atom stereocenters. The Balaban J connectivity index is 1.77. The minimum atomic E-state index is -0.379. The number of amides is 1. The maximum Gasteiger partial charge on any atom is 0.337 e. The van der Waals surface area contributed by atoms with E-state index in [9.17, 15) is 9.59 Å². The van der Waals surface area contributed by atoms with Crippen LogP contribution in [0.2, 0.25) is 0 Å². The fraction of sp³-hybridized carbons (Fsp3) is 0.318. The summed E-state index contributed by atoms with van der Waals surface area (Å²) in [7, 11) is 3.00. The van der Waals surface area contributed by atoms with Gasteiger partial charge in [-0.1, -0.05) is 11.3 Å². The minimum absolute atomic E-state index is 0.154. The fourth-order valence-electron chi connectivity index (χ4n) is 2.89. The molecule has 9 heteroatoms. The van der Waals surface area contributed by atoms with Crippen molar-refractivity contribution < 1.29 is 19.1 Å². The highest BCUT2D eigenvalue weighted by atomic mass is 32.2. The van der Waals surface area contributed by atoms with E-state index >= 15 is 0 Å². The predicted molar refractivity (Wildman–Crippen MR) is 128 cm³/mol. The molecular formula is C22H24N2O4S3. The number of fused-ring (bicyclic) bond motifs is 1. The summed E-state index contributed by atoms with van der Waals surface area (Å²) < 4.78 is 12.9. The summed E-state index contributed by atoms with van der Waals surface area (Å²) in [4.78, 5) is 30.5. The van der Waals surface area contributed by atoms with Crippen molar-refractivity contribution in [2.45, 2.75) is 17.9 Å². The highest BCUT2D eigenvalue weighted by Gasteiger charge is 2.12. The molecule has 0 aliphatic heterocycles. The Morgan fingerprint density at radius 1 is 1.10 bits per heavy atom. The molecule has 0 saturated heterocycles. The van der Waals surface area contributed by atoms with Crippen LogP contribution < -0.4 is 9.54 Å². The summed E-state index contributed by atoms with van der Waals surface area (Å²) in [5.74, 6) is 1.83. The van der Waals surface area contributed by atoms with Crippen LogP contribution in [0.4, 0.5) is 0 Å². The first-order valence-corrected chi connectivity index (χ1v) is 12.8. The number of hydrogen-bond acceptors (Lipinski definition) is 7. The van der Waals surface area contributed by atoms with Gasteiger partial charge in [0.2, 0.25) is 5.91 Å². The first kappa shape index (κ1) is 23.4. The van der Waals surface area contributed by atoms with Gasteiger partial charge in [0.25, 0.3) is 0 Å². The summed E-state index contributed by atoms with van der Waals surface area (Å²) in [6.07, 6.45) is 2.39. The molecule has 3 aromatic rings. The first-order chi connectivity index (χ1) is 15.0. The van der Waals surface area contributed by atoms with Crippen molar-refractivity contribution in [2.24, 2.45) is 4.99 Å². The Bertz CT molecular complexity index is 1120. The number of methoxy groups -OCH3 is 2. The lowest BCUT2D eigenvalue weighted by Crippen LogP contribution is -2.18. The molecule has 2 aromatic carbocycles. The van der Waals surface area contributed by atoms with Crippen LogP contribution in [0.5, 0.6) is 5.75 Å². The zero-order valence-corrected chi connectivity index (χ0v) is 20.1. The minimum Gasteiger partial charge on any atom is -0.497 e. The Morgan fingerprint density at radius 2 is 1.87 bits per heavy atom. The van der Waals surface area contributed by atoms with Gasteiger partial charge in [0.15, 0.2) is 4.80 Å². The van der Waals surface area contributed by atoms with Crippen LogP contribution in [-0.2, 0) is 16.1 Å². The summed E-state index contributed by atoms with van der Waals surface area (Å²) in [6, 6.07) is 13.2. The zero-order chi connectivity index (χ0) is 22.2. The lowest BCUT2D eigenvalue weighted by Gasteiger charge is -2.05. The molecule has 0 fully saturated rings. The predicted octanol–water partition coefficient (Wildman–Crippen LogP) is 4.47. The van der Waals surface area contributed by atoms with Crippen LogP contribution in [-0.4, -0.2) is 48.4 Å². The molecule has 0 spiro atoms. The molecule has 31 heavy (non-hydrogen) atoms.